The van der Waals surface area contributed by atoms with E-state index in [1.54, 1.807) is 0 Å². The van der Waals surface area contributed by atoms with Gasteiger partial charge in [-0.2, -0.15) is 0 Å². The Kier molecular flexibility index (Phi) is 2.79. The number of benzene rings is 2. The Morgan fingerprint density at radius 1 is 0.762 bits per heavy atom. The van der Waals surface area contributed by atoms with Gasteiger partial charge in [-0.3, -0.25) is 4.98 Å². The average molecular weight is 270 g/mol. The minimum atomic E-state index is 1.13. The lowest BCUT2D eigenvalue weighted by Crippen LogP contribution is -1.83. The summed E-state index contributed by atoms with van der Waals surface area (Å²) in [4.78, 5) is 4.29. The molecule has 0 saturated carbocycles. The van der Waals surface area contributed by atoms with Crippen LogP contribution in [0.15, 0.2) is 85.5 Å². The second-order valence-corrected chi connectivity index (χ2v) is 5.02. The van der Waals surface area contributed by atoms with Crippen molar-refractivity contribution in [2.75, 3.05) is 0 Å². The van der Waals surface area contributed by atoms with Gasteiger partial charge in [-0.05, 0) is 11.1 Å². The van der Waals surface area contributed by atoms with Gasteiger partial charge in [0.05, 0.1) is 11.7 Å². The van der Waals surface area contributed by atoms with Crippen LogP contribution in [-0.2, 0) is 0 Å². The number of aromatic nitrogens is 2. The summed E-state index contributed by atoms with van der Waals surface area (Å²) in [6.45, 7) is 0. The molecule has 100 valence electrons. The Hall–Kier alpha value is -2.87. The first-order valence-electron chi connectivity index (χ1n) is 6.99. The van der Waals surface area contributed by atoms with Crippen molar-refractivity contribution in [1.82, 2.24) is 9.38 Å². The van der Waals surface area contributed by atoms with Gasteiger partial charge in [-0.25, -0.2) is 0 Å². The molecule has 0 aliphatic heterocycles. The van der Waals surface area contributed by atoms with E-state index in [9.17, 15) is 0 Å². The lowest BCUT2D eigenvalue weighted by molar-refractivity contribution is 1.14. The van der Waals surface area contributed by atoms with Crippen LogP contribution in [0.4, 0.5) is 0 Å². The van der Waals surface area contributed by atoms with Gasteiger partial charge in [0.2, 0.25) is 0 Å². The SMILES string of the molecule is c1ccc(-c2cn3ccncc3c2-c2ccccc2)cc1. The molecular weight excluding hydrogens is 256 g/mol. The molecule has 0 spiro atoms. The van der Waals surface area contributed by atoms with E-state index in [1.807, 2.05) is 30.7 Å². The number of fused-ring (bicyclic) bond motifs is 1. The minimum absolute atomic E-state index is 1.13. The fourth-order valence-corrected chi connectivity index (χ4v) is 2.76. The van der Waals surface area contributed by atoms with Crippen LogP contribution in [0.5, 0.6) is 0 Å². The molecule has 0 bridgehead atoms. The van der Waals surface area contributed by atoms with Crippen LogP contribution in [-0.4, -0.2) is 9.38 Å². The van der Waals surface area contributed by atoms with E-state index in [1.165, 1.54) is 22.3 Å². The largest absolute Gasteiger partial charge is 0.320 e. The quantitative estimate of drug-likeness (QED) is 0.517. The molecule has 2 heteroatoms. The molecule has 4 aromatic rings. The van der Waals surface area contributed by atoms with Gasteiger partial charge < -0.3 is 4.40 Å². The van der Waals surface area contributed by atoms with Gasteiger partial charge in [0.25, 0.3) is 0 Å². The zero-order valence-electron chi connectivity index (χ0n) is 11.5. The predicted octanol–water partition coefficient (Wildman–Crippen LogP) is 4.67. The summed E-state index contributed by atoms with van der Waals surface area (Å²) in [6.07, 6.45) is 7.91. The molecule has 0 radical (unpaired) electrons. The van der Waals surface area contributed by atoms with E-state index in [2.05, 4.69) is 64.1 Å². The van der Waals surface area contributed by atoms with E-state index < -0.39 is 0 Å². The van der Waals surface area contributed by atoms with Crippen LogP contribution in [0.2, 0.25) is 0 Å². The molecule has 0 fully saturated rings. The Morgan fingerprint density at radius 3 is 2.14 bits per heavy atom. The molecule has 0 aliphatic rings. The Bertz CT molecular complexity index is 877. The maximum atomic E-state index is 4.29. The second kappa shape index (κ2) is 4.91. The van der Waals surface area contributed by atoms with Gasteiger partial charge in [0.15, 0.2) is 0 Å². The fourth-order valence-electron chi connectivity index (χ4n) is 2.76. The summed E-state index contributed by atoms with van der Waals surface area (Å²) in [5.41, 5.74) is 6.03. The van der Waals surface area contributed by atoms with E-state index in [4.69, 9.17) is 0 Å². The molecule has 4 rings (SSSR count). The van der Waals surface area contributed by atoms with Gasteiger partial charge in [-0.15, -0.1) is 0 Å². The summed E-state index contributed by atoms with van der Waals surface area (Å²) < 4.78 is 2.14. The summed E-state index contributed by atoms with van der Waals surface area (Å²) in [5.74, 6) is 0. The van der Waals surface area contributed by atoms with Gasteiger partial charge >= 0.3 is 0 Å². The molecule has 0 atom stereocenters. The van der Waals surface area contributed by atoms with E-state index in [0.717, 1.165) is 5.52 Å². The first-order chi connectivity index (χ1) is 10.4. The third kappa shape index (κ3) is 2.01. The van der Waals surface area contributed by atoms with Crippen molar-refractivity contribution in [2.24, 2.45) is 0 Å². The number of hydrogen-bond acceptors (Lipinski definition) is 1. The van der Waals surface area contributed by atoms with Gasteiger partial charge in [0.1, 0.15) is 0 Å². The minimum Gasteiger partial charge on any atom is -0.320 e. The van der Waals surface area contributed by atoms with Crippen molar-refractivity contribution >= 4 is 5.52 Å². The highest BCUT2D eigenvalue weighted by molar-refractivity contribution is 5.94. The zero-order chi connectivity index (χ0) is 14.1. The van der Waals surface area contributed by atoms with Crippen molar-refractivity contribution in [3.63, 3.8) is 0 Å². The van der Waals surface area contributed by atoms with Crippen molar-refractivity contribution in [3.05, 3.63) is 85.5 Å². The molecule has 21 heavy (non-hydrogen) atoms. The third-order valence-corrected chi connectivity index (χ3v) is 3.73. The number of nitrogens with zero attached hydrogens (tertiary/aromatic N) is 2. The second-order valence-electron chi connectivity index (χ2n) is 5.02. The molecule has 0 aliphatic carbocycles. The van der Waals surface area contributed by atoms with Crippen molar-refractivity contribution in [1.29, 1.82) is 0 Å². The monoisotopic (exact) mass is 270 g/mol. The predicted molar refractivity (Wildman–Crippen MR) is 86.1 cm³/mol. The topological polar surface area (TPSA) is 17.3 Å². The molecule has 0 N–H and O–H groups in total. The van der Waals surface area contributed by atoms with Crippen LogP contribution >= 0.6 is 0 Å². The van der Waals surface area contributed by atoms with Crippen molar-refractivity contribution in [3.8, 4) is 22.3 Å². The van der Waals surface area contributed by atoms with E-state index in [-0.39, 0.29) is 0 Å². The lowest BCUT2D eigenvalue weighted by Gasteiger charge is -2.05. The van der Waals surface area contributed by atoms with Crippen LogP contribution in [0, 0.1) is 0 Å². The molecule has 2 nitrogen and oxygen atoms in total. The first-order valence-corrected chi connectivity index (χ1v) is 6.99. The van der Waals surface area contributed by atoms with Gasteiger partial charge in [0, 0.05) is 29.7 Å². The molecule has 2 aromatic heterocycles. The van der Waals surface area contributed by atoms with Crippen LogP contribution in [0.25, 0.3) is 27.8 Å². The first kappa shape index (κ1) is 11.9. The van der Waals surface area contributed by atoms with Crippen molar-refractivity contribution in [2.45, 2.75) is 0 Å². The summed E-state index contributed by atoms with van der Waals surface area (Å²) in [6, 6.07) is 21.0. The smallest absolute Gasteiger partial charge is 0.0720 e. The van der Waals surface area contributed by atoms with Crippen LogP contribution in [0.1, 0.15) is 0 Å². The lowest BCUT2D eigenvalue weighted by atomic mass is 9.98. The van der Waals surface area contributed by atoms with Gasteiger partial charge in [-0.1, -0.05) is 60.7 Å². The zero-order valence-corrected chi connectivity index (χ0v) is 11.5. The summed E-state index contributed by atoms with van der Waals surface area (Å²) in [7, 11) is 0. The number of hydrogen-bond donors (Lipinski definition) is 0. The molecule has 2 aromatic carbocycles. The molecule has 0 amide bonds. The normalized spacial score (nSPS) is 10.9. The maximum absolute atomic E-state index is 4.29. The molecule has 2 heterocycles. The Balaban J connectivity index is 2.07. The molecule has 0 unspecified atom stereocenters. The highest BCUT2D eigenvalue weighted by atomic mass is 14.9. The molecule has 0 saturated heterocycles. The summed E-state index contributed by atoms with van der Waals surface area (Å²) in [5, 5.41) is 0. The van der Waals surface area contributed by atoms with Crippen molar-refractivity contribution < 1.29 is 0 Å². The van der Waals surface area contributed by atoms with E-state index in [0.29, 0.717) is 0 Å². The number of rotatable bonds is 2. The Labute approximate surface area is 123 Å². The highest BCUT2D eigenvalue weighted by Gasteiger charge is 2.13. The van der Waals surface area contributed by atoms with Crippen LogP contribution < -0.4 is 0 Å². The maximum Gasteiger partial charge on any atom is 0.0720 e. The average Bonchev–Trinajstić information content (AvgIpc) is 2.96. The molecular formula is C19H14N2. The van der Waals surface area contributed by atoms with Crippen LogP contribution in [0.3, 0.4) is 0 Å². The Morgan fingerprint density at radius 2 is 1.43 bits per heavy atom. The standard InChI is InChI=1S/C19H14N2/c1-3-7-15(8-4-1)17-14-21-12-11-20-13-18(21)19(17)16-9-5-2-6-10-16/h1-14H. The third-order valence-electron chi connectivity index (χ3n) is 3.73. The fraction of sp³-hybridized carbons (Fsp3) is 0. The summed E-state index contributed by atoms with van der Waals surface area (Å²) >= 11 is 0. The van der Waals surface area contributed by atoms with E-state index >= 15 is 0 Å². The highest BCUT2D eigenvalue weighted by Crippen LogP contribution is 2.36.